The van der Waals surface area contributed by atoms with Crippen LogP contribution in [-0.2, 0) is 6.54 Å². The molecule has 0 bridgehead atoms. The molecule has 0 spiro atoms. The van der Waals surface area contributed by atoms with Gasteiger partial charge in [-0.2, -0.15) is 0 Å². The van der Waals surface area contributed by atoms with Gasteiger partial charge in [0.1, 0.15) is 17.1 Å². The summed E-state index contributed by atoms with van der Waals surface area (Å²) in [4.78, 5) is 23.6. The van der Waals surface area contributed by atoms with Crippen LogP contribution in [0, 0.1) is 0 Å². The van der Waals surface area contributed by atoms with Crippen molar-refractivity contribution in [2.45, 2.75) is 19.5 Å². The number of benzene rings is 3. The highest BCUT2D eigenvalue weighted by Crippen LogP contribution is 2.33. The Morgan fingerprint density at radius 1 is 0.906 bits per heavy atom. The Balaban J connectivity index is 1.70. The number of rotatable bonds is 8. The first-order chi connectivity index (χ1) is 15.5. The lowest BCUT2D eigenvalue weighted by atomic mass is 9.97. The van der Waals surface area contributed by atoms with Gasteiger partial charge in [0, 0.05) is 18.3 Å². The Morgan fingerprint density at radius 3 is 2.28 bits per heavy atom. The Morgan fingerprint density at radius 2 is 1.62 bits per heavy atom. The summed E-state index contributed by atoms with van der Waals surface area (Å²) in [7, 11) is 1.63. The second-order valence-electron chi connectivity index (χ2n) is 7.65. The van der Waals surface area contributed by atoms with E-state index in [0.29, 0.717) is 6.54 Å². The van der Waals surface area contributed by atoms with Gasteiger partial charge in [0.25, 0.3) is 10.9 Å². The van der Waals surface area contributed by atoms with Gasteiger partial charge in [-0.1, -0.05) is 54.6 Å². The first-order valence-corrected chi connectivity index (χ1v) is 10.4. The molecular weight excluding hydrogens is 402 g/mol. The van der Waals surface area contributed by atoms with E-state index < -0.39 is 10.9 Å². The van der Waals surface area contributed by atoms with Crippen molar-refractivity contribution in [3.05, 3.63) is 104 Å². The zero-order valence-corrected chi connectivity index (χ0v) is 18.0. The quantitative estimate of drug-likeness (QED) is 0.366. The minimum Gasteiger partial charge on any atom is -0.497 e. The lowest BCUT2D eigenvalue weighted by Gasteiger charge is -2.21. The van der Waals surface area contributed by atoms with E-state index in [1.165, 1.54) is 5.56 Å². The molecule has 6 nitrogen and oxygen atoms in total. The smallest absolute Gasteiger partial charge is 0.253 e. The SMILES string of the molecule is COc1ccc(-c2cccc(Nc3c(N)c(=O)c3=O)c2CNC(C)c2ccccc2)cc1. The van der Waals surface area contributed by atoms with Gasteiger partial charge in [0.2, 0.25) is 0 Å². The lowest BCUT2D eigenvalue weighted by molar-refractivity contribution is 0.415. The fourth-order valence-electron chi connectivity index (χ4n) is 3.72. The average Bonchev–Trinajstić information content (AvgIpc) is 2.85. The molecule has 1 unspecified atom stereocenters. The standard InChI is InChI=1S/C26H25N3O3/c1-16(17-7-4-3-5-8-17)28-15-21-20(18-11-13-19(32-2)14-12-18)9-6-10-22(21)29-24-23(27)25(30)26(24)31/h3-14,16,28-29H,15,27H2,1-2H3. The summed E-state index contributed by atoms with van der Waals surface area (Å²) < 4.78 is 5.28. The van der Waals surface area contributed by atoms with Crippen LogP contribution >= 0.6 is 0 Å². The average molecular weight is 428 g/mol. The minimum absolute atomic E-state index is 0.0265. The Bertz CT molecular complexity index is 1290. The number of nitrogen functional groups attached to an aromatic ring is 1. The first kappa shape index (κ1) is 21.3. The predicted molar refractivity (Wildman–Crippen MR) is 129 cm³/mol. The van der Waals surface area contributed by atoms with Crippen molar-refractivity contribution in [1.82, 2.24) is 5.32 Å². The molecule has 0 amide bonds. The van der Waals surface area contributed by atoms with Crippen LogP contribution in [0.1, 0.15) is 24.1 Å². The molecule has 0 saturated heterocycles. The van der Waals surface area contributed by atoms with E-state index in [-0.39, 0.29) is 17.4 Å². The highest BCUT2D eigenvalue weighted by molar-refractivity contribution is 5.81. The van der Waals surface area contributed by atoms with Crippen molar-refractivity contribution in [2.75, 3.05) is 18.2 Å². The van der Waals surface area contributed by atoms with E-state index in [9.17, 15) is 9.59 Å². The van der Waals surface area contributed by atoms with Gasteiger partial charge in [-0.15, -0.1) is 0 Å². The van der Waals surface area contributed by atoms with Crippen LogP contribution in [0.3, 0.4) is 0 Å². The molecule has 4 aromatic rings. The second-order valence-corrected chi connectivity index (χ2v) is 7.65. The van der Waals surface area contributed by atoms with E-state index in [1.807, 2.05) is 60.7 Å². The van der Waals surface area contributed by atoms with Crippen LogP contribution in [0.25, 0.3) is 11.1 Å². The summed E-state index contributed by atoms with van der Waals surface area (Å²) in [5.41, 5.74) is 9.53. The number of methoxy groups -OCH3 is 1. The molecule has 0 fully saturated rings. The van der Waals surface area contributed by atoms with Crippen LogP contribution in [0.5, 0.6) is 5.75 Å². The fourth-order valence-corrected chi connectivity index (χ4v) is 3.72. The van der Waals surface area contributed by atoms with Crippen LogP contribution < -0.4 is 32.0 Å². The van der Waals surface area contributed by atoms with Gasteiger partial charge in [0.05, 0.1) is 7.11 Å². The maximum Gasteiger partial charge on any atom is 0.253 e. The van der Waals surface area contributed by atoms with E-state index in [1.54, 1.807) is 7.11 Å². The predicted octanol–water partition coefficient (Wildman–Crippen LogP) is 4.13. The maximum absolute atomic E-state index is 12.0. The van der Waals surface area contributed by atoms with Crippen molar-refractivity contribution in [2.24, 2.45) is 0 Å². The molecule has 1 atom stereocenters. The number of nitrogens with two attached hydrogens (primary N) is 1. The molecule has 4 N–H and O–H groups in total. The summed E-state index contributed by atoms with van der Waals surface area (Å²) in [5.74, 6) is 0.775. The number of hydrogen-bond donors (Lipinski definition) is 3. The van der Waals surface area contributed by atoms with Gasteiger partial charge in [-0.05, 0) is 47.4 Å². The van der Waals surface area contributed by atoms with Crippen LogP contribution in [0.4, 0.5) is 17.1 Å². The molecule has 0 aliphatic carbocycles. The molecule has 4 aromatic carbocycles. The van der Waals surface area contributed by atoms with E-state index in [0.717, 1.165) is 28.1 Å². The molecule has 0 aliphatic heterocycles. The summed E-state index contributed by atoms with van der Waals surface area (Å²) in [6, 6.07) is 23.9. The summed E-state index contributed by atoms with van der Waals surface area (Å²) in [6.45, 7) is 2.64. The van der Waals surface area contributed by atoms with Gasteiger partial charge in [-0.3, -0.25) is 9.59 Å². The molecule has 4 rings (SSSR count). The molecule has 0 radical (unpaired) electrons. The van der Waals surface area contributed by atoms with Gasteiger partial charge < -0.3 is 21.1 Å². The Kier molecular flexibility index (Phi) is 6.05. The maximum atomic E-state index is 12.0. The van der Waals surface area contributed by atoms with Crippen LogP contribution in [-0.4, -0.2) is 7.11 Å². The first-order valence-electron chi connectivity index (χ1n) is 10.4. The third-order valence-electron chi connectivity index (χ3n) is 5.67. The number of hydrogen-bond acceptors (Lipinski definition) is 6. The summed E-state index contributed by atoms with van der Waals surface area (Å²) in [6.07, 6.45) is 0. The van der Waals surface area contributed by atoms with E-state index >= 15 is 0 Å². The topological polar surface area (TPSA) is 93.4 Å². The number of nitrogens with one attached hydrogen (secondary N) is 2. The van der Waals surface area contributed by atoms with Crippen molar-refractivity contribution >= 4 is 17.1 Å². The summed E-state index contributed by atoms with van der Waals surface area (Å²) in [5, 5.41) is 6.66. The molecule has 0 aromatic heterocycles. The molecule has 32 heavy (non-hydrogen) atoms. The van der Waals surface area contributed by atoms with E-state index in [4.69, 9.17) is 10.5 Å². The Hall–Kier alpha value is -3.90. The van der Waals surface area contributed by atoms with Crippen molar-refractivity contribution in [3.8, 4) is 16.9 Å². The third-order valence-corrected chi connectivity index (χ3v) is 5.67. The molecule has 0 heterocycles. The fraction of sp³-hybridized carbons (Fsp3) is 0.154. The number of anilines is 3. The largest absolute Gasteiger partial charge is 0.497 e. The van der Waals surface area contributed by atoms with Crippen molar-refractivity contribution in [1.29, 1.82) is 0 Å². The zero-order chi connectivity index (χ0) is 22.7. The normalized spacial score (nSPS) is 11.9. The number of ether oxygens (including phenoxy) is 1. The molecule has 0 saturated carbocycles. The van der Waals surface area contributed by atoms with E-state index in [2.05, 4.69) is 29.7 Å². The van der Waals surface area contributed by atoms with Crippen molar-refractivity contribution in [3.63, 3.8) is 0 Å². The Labute approximate surface area is 186 Å². The third kappa shape index (κ3) is 4.13. The molecular formula is C26H25N3O3. The molecule has 162 valence electrons. The van der Waals surface area contributed by atoms with Gasteiger partial charge in [0.15, 0.2) is 0 Å². The molecule has 0 aliphatic rings. The highest BCUT2D eigenvalue weighted by atomic mass is 16.5. The highest BCUT2D eigenvalue weighted by Gasteiger charge is 2.20. The second kappa shape index (κ2) is 9.08. The molecule has 6 heteroatoms. The lowest BCUT2D eigenvalue weighted by Crippen LogP contribution is -2.36. The monoisotopic (exact) mass is 427 g/mol. The summed E-state index contributed by atoms with van der Waals surface area (Å²) >= 11 is 0. The zero-order valence-electron chi connectivity index (χ0n) is 18.0. The van der Waals surface area contributed by atoms with Crippen molar-refractivity contribution < 1.29 is 4.74 Å². The van der Waals surface area contributed by atoms with Gasteiger partial charge in [-0.25, -0.2) is 0 Å². The van der Waals surface area contributed by atoms with Gasteiger partial charge >= 0.3 is 0 Å². The van der Waals surface area contributed by atoms with Crippen LogP contribution in [0.2, 0.25) is 0 Å². The van der Waals surface area contributed by atoms with Crippen LogP contribution in [0.15, 0.2) is 82.4 Å². The minimum atomic E-state index is -0.642.